The maximum atomic E-state index is 12.8. The van der Waals surface area contributed by atoms with Gasteiger partial charge in [0, 0.05) is 37.0 Å². The number of amides is 2. The average molecular weight is 446 g/mol. The first kappa shape index (κ1) is 22.3. The number of carbonyl (C=O) groups is 2. The van der Waals surface area contributed by atoms with Crippen LogP contribution in [0.1, 0.15) is 19.8 Å². The van der Waals surface area contributed by atoms with Gasteiger partial charge in [-0.25, -0.2) is 0 Å². The van der Waals surface area contributed by atoms with E-state index in [1.54, 1.807) is 31.4 Å². The molecule has 1 unspecified atom stereocenters. The lowest BCUT2D eigenvalue weighted by Gasteiger charge is -2.32. The molecule has 1 aliphatic heterocycles. The van der Waals surface area contributed by atoms with Crippen LogP contribution in [0.3, 0.4) is 0 Å². The minimum Gasteiger partial charge on any atom is -0.497 e. The lowest BCUT2D eigenvalue weighted by Crippen LogP contribution is -2.41. The Bertz CT molecular complexity index is 1100. The second kappa shape index (κ2) is 10.1. The zero-order valence-electron chi connectivity index (χ0n) is 18.7. The SMILES string of the molecule is COc1ccc(-c2ccc(N3CCCC(C(=O)Nc4ccc(NC(C)=O)cc4)C3)nn2)cc1. The molecule has 2 aromatic carbocycles. The lowest BCUT2D eigenvalue weighted by atomic mass is 9.97. The number of nitrogens with one attached hydrogen (secondary N) is 2. The van der Waals surface area contributed by atoms with E-state index in [9.17, 15) is 9.59 Å². The fourth-order valence-corrected chi connectivity index (χ4v) is 3.89. The Balaban J connectivity index is 1.37. The molecule has 1 fully saturated rings. The van der Waals surface area contributed by atoms with Gasteiger partial charge < -0.3 is 20.3 Å². The van der Waals surface area contributed by atoms with Crippen LogP contribution in [0.4, 0.5) is 17.2 Å². The van der Waals surface area contributed by atoms with Crippen LogP contribution in [0.2, 0.25) is 0 Å². The molecule has 8 nitrogen and oxygen atoms in total. The van der Waals surface area contributed by atoms with E-state index in [1.165, 1.54) is 6.92 Å². The van der Waals surface area contributed by atoms with Crippen LogP contribution in [-0.4, -0.2) is 42.2 Å². The van der Waals surface area contributed by atoms with Crippen LogP contribution in [0, 0.1) is 5.92 Å². The molecular formula is C25H27N5O3. The highest BCUT2D eigenvalue weighted by Crippen LogP contribution is 2.25. The quantitative estimate of drug-likeness (QED) is 0.596. The maximum absolute atomic E-state index is 12.8. The van der Waals surface area contributed by atoms with Crippen molar-refractivity contribution in [2.45, 2.75) is 19.8 Å². The number of piperidine rings is 1. The largest absolute Gasteiger partial charge is 0.497 e. The molecule has 0 bridgehead atoms. The first-order chi connectivity index (χ1) is 16.0. The standard InChI is InChI=1S/C25H27N5O3/c1-17(31)26-20-7-9-21(10-8-20)27-25(32)19-4-3-15-30(16-19)24-14-13-23(28-29-24)18-5-11-22(33-2)12-6-18/h5-14,19H,3-4,15-16H2,1-2H3,(H,26,31)(H,27,32). The van der Waals surface area contributed by atoms with Crippen LogP contribution in [0.15, 0.2) is 60.7 Å². The van der Waals surface area contributed by atoms with Crippen molar-refractivity contribution in [3.05, 3.63) is 60.7 Å². The molecule has 3 aromatic rings. The minimum atomic E-state index is -0.142. The third-order valence-electron chi connectivity index (χ3n) is 5.63. The Morgan fingerprint density at radius 2 is 1.64 bits per heavy atom. The summed E-state index contributed by atoms with van der Waals surface area (Å²) in [6.07, 6.45) is 1.73. The fourth-order valence-electron chi connectivity index (χ4n) is 3.89. The Hall–Kier alpha value is -3.94. The number of anilines is 3. The van der Waals surface area contributed by atoms with Gasteiger partial charge in [0.25, 0.3) is 0 Å². The number of methoxy groups -OCH3 is 1. The summed E-state index contributed by atoms with van der Waals surface area (Å²) in [4.78, 5) is 26.1. The smallest absolute Gasteiger partial charge is 0.229 e. The molecule has 0 aliphatic carbocycles. The van der Waals surface area contributed by atoms with Crippen molar-refractivity contribution in [3.63, 3.8) is 0 Å². The highest BCUT2D eigenvalue weighted by atomic mass is 16.5. The van der Waals surface area contributed by atoms with Gasteiger partial charge in [-0.2, -0.15) is 0 Å². The molecule has 2 amide bonds. The highest BCUT2D eigenvalue weighted by Gasteiger charge is 2.27. The maximum Gasteiger partial charge on any atom is 0.229 e. The van der Waals surface area contributed by atoms with Crippen molar-refractivity contribution < 1.29 is 14.3 Å². The van der Waals surface area contributed by atoms with Gasteiger partial charge in [-0.1, -0.05) is 0 Å². The fraction of sp³-hybridized carbons (Fsp3) is 0.280. The number of rotatable bonds is 6. The molecule has 8 heteroatoms. The second-order valence-electron chi connectivity index (χ2n) is 8.04. The lowest BCUT2D eigenvalue weighted by molar-refractivity contribution is -0.120. The Kier molecular flexibility index (Phi) is 6.83. The molecule has 1 aliphatic rings. The number of benzene rings is 2. The monoisotopic (exact) mass is 445 g/mol. The van der Waals surface area contributed by atoms with E-state index in [0.717, 1.165) is 42.2 Å². The van der Waals surface area contributed by atoms with Crippen LogP contribution >= 0.6 is 0 Å². The number of carbonyl (C=O) groups excluding carboxylic acids is 2. The molecule has 33 heavy (non-hydrogen) atoms. The van der Waals surface area contributed by atoms with E-state index in [4.69, 9.17) is 4.74 Å². The van der Waals surface area contributed by atoms with E-state index in [-0.39, 0.29) is 17.7 Å². The summed E-state index contributed by atoms with van der Waals surface area (Å²) >= 11 is 0. The predicted octanol–water partition coefficient (Wildman–Crippen LogP) is 3.97. The van der Waals surface area contributed by atoms with Crippen molar-refractivity contribution in [2.75, 3.05) is 35.7 Å². The third kappa shape index (κ3) is 5.65. The van der Waals surface area contributed by atoms with E-state index in [2.05, 4.69) is 25.7 Å². The number of ether oxygens (including phenoxy) is 1. The molecule has 1 aromatic heterocycles. The van der Waals surface area contributed by atoms with E-state index in [1.807, 2.05) is 36.4 Å². The molecule has 2 heterocycles. The first-order valence-corrected chi connectivity index (χ1v) is 10.9. The summed E-state index contributed by atoms with van der Waals surface area (Å²) in [5.41, 5.74) is 3.15. The van der Waals surface area contributed by atoms with Crippen LogP contribution in [0.25, 0.3) is 11.3 Å². The van der Waals surface area contributed by atoms with Crippen LogP contribution in [-0.2, 0) is 9.59 Å². The van der Waals surface area contributed by atoms with Crippen LogP contribution in [0.5, 0.6) is 5.75 Å². The van der Waals surface area contributed by atoms with Gasteiger partial charge in [0.2, 0.25) is 11.8 Å². The molecule has 0 spiro atoms. The van der Waals surface area contributed by atoms with Crippen LogP contribution < -0.4 is 20.3 Å². The molecule has 1 saturated heterocycles. The molecular weight excluding hydrogens is 418 g/mol. The third-order valence-corrected chi connectivity index (χ3v) is 5.63. The number of aromatic nitrogens is 2. The Morgan fingerprint density at radius 1 is 0.939 bits per heavy atom. The summed E-state index contributed by atoms with van der Waals surface area (Å²) < 4.78 is 5.20. The highest BCUT2D eigenvalue weighted by molar-refractivity contribution is 5.94. The number of hydrogen-bond donors (Lipinski definition) is 2. The van der Waals surface area contributed by atoms with Gasteiger partial charge in [-0.3, -0.25) is 9.59 Å². The molecule has 1 atom stereocenters. The molecule has 170 valence electrons. The van der Waals surface area contributed by atoms with Gasteiger partial charge in [0.1, 0.15) is 5.75 Å². The van der Waals surface area contributed by atoms with Crippen molar-refractivity contribution >= 4 is 29.0 Å². The summed E-state index contributed by atoms with van der Waals surface area (Å²) in [7, 11) is 1.64. The zero-order chi connectivity index (χ0) is 23.2. The topological polar surface area (TPSA) is 96.5 Å². The molecule has 0 radical (unpaired) electrons. The Morgan fingerprint density at radius 3 is 2.24 bits per heavy atom. The summed E-state index contributed by atoms with van der Waals surface area (Å²) in [5.74, 6) is 1.27. The second-order valence-corrected chi connectivity index (χ2v) is 8.04. The van der Waals surface area contributed by atoms with E-state index >= 15 is 0 Å². The van der Waals surface area contributed by atoms with Crippen molar-refractivity contribution in [3.8, 4) is 17.0 Å². The molecule has 0 saturated carbocycles. The van der Waals surface area contributed by atoms with Gasteiger partial charge >= 0.3 is 0 Å². The summed E-state index contributed by atoms with van der Waals surface area (Å²) in [6, 6.07) is 18.7. The Labute approximate surface area is 193 Å². The minimum absolute atomic E-state index is 0.0187. The van der Waals surface area contributed by atoms with E-state index in [0.29, 0.717) is 17.9 Å². The van der Waals surface area contributed by atoms with Crippen molar-refractivity contribution in [1.82, 2.24) is 10.2 Å². The number of nitrogens with zero attached hydrogens (tertiary/aromatic N) is 3. The van der Waals surface area contributed by atoms with Gasteiger partial charge in [0.15, 0.2) is 5.82 Å². The zero-order valence-corrected chi connectivity index (χ0v) is 18.7. The predicted molar refractivity (Wildman–Crippen MR) is 128 cm³/mol. The van der Waals surface area contributed by atoms with Crippen molar-refractivity contribution in [2.24, 2.45) is 5.92 Å². The normalized spacial score (nSPS) is 15.6. The molecule has 4 rings (SSSR count). The van der Waals surface area contributed by atoms with Crippen molar-refractivity contribution in [1.29, 1.82) is 0 Å². The molecule has 2 N–H and O–H groups in total. The number of hydrogen-bond acceptors (Lipinski definition) is 6. The van der Waals surface area contributed by atoms with Gasteiger partial charge in [0.05, 0.1) is 18.7 Å². The average Bonchev–Trinajstić information content (AvgIpc) is 2.85. The summed E-state index contributed by atoms with van der Waals surface area (Å²) in [5, 5.41) is 14.5. The van der Waals surface area contributed by atoms with Gasteiger partial charge in [-0.05, 0) is 73.5 Å². The van der Waals surface area contributed by atoms with E-state index < -0.39 is 0 Å². The first-order valence-electron chi connectivity index (χ1n) is 10.9. The summed E-state index contributed by atoms with van der Waals surface area (Å²) in [6.45, 7) is 2.89. The van der Waals surface area contributed by atoms with Gasteiger partial charge in [-0.15, -0.1) is 10.2 Å².